The summed E-state index contributed by atoms with van der Waals surface area (Å²) in [7, 11) is 0. The maximum absolute atomic E-state index is 11.8. The van der Waals surface area contributed by atoms with Crippen molar-refractivity contribution in [3.05, 3.63) is 48.0 Å². The van der Waals surface area contributed by atoms with Crippen LogP contribution in [0.1, 0.15) is 16.8 Å². The quantitative estimate of drug-likeness (QED) is 0.338. The lowest BCUT2D eigenvalue weighted by Gasteiger charge is -2.06. The Labute approximate surface area is 130 Å². The van der Waals surface area contributed by atoms with E-state index in [4.69, 9.17) is 5.21 Å². The maximum atomic E-state index is 11.8. The molecule has 0 aliphatic carbocycles. The molecule has 0 saturated carbocycles. The average Bonchev–Trinajstić information content (AvgIpc) is 3.05. The molecule has 8 heteroatoms. The number of imide groups is 2. The average molecular weight is 316 g/mol. The van der Waals surface area contributed by atoms with Crippen molar-refractivity contribution in [3.63, 3.8) is 0 Å². The Balaban J connectivity index is 0.000000229. The maximum Gasteiger partial charge on any atom is 0.264 e. The summed E-state index contributed by atoms with van der Waals surface area (Å²) in [4.78, 5) is 54.3. The molecule has 1 aromatic carbocycles. The minimum absolute atomic E-state index is 0.0194. The Morgan fingerprint density at radius 2 is 1.61 bits per heavy atom. The first kappa shape index (κ1) is 16.2. The molecule has 1 saturated heterocycles. The summed E-state index contributed by atoms with van der Waals surface area (Å²) < 4.78 is 0. The number of carbonyl (C=O) groups excluding carboxylic acids is 5. The van der Waals surface area contributed by atoms with Crippen molar-refractivity contribution in [2.75, 3.05) is 0 Å². The van der Waals surface area contributed by atoms with Gasteiger partial charge in [-0.1, -0.05) is 30.3 Å². The van der Waals surface area contributed by atoms with Gasteiger partial charge in [0.2, 0.25) is 0 Å². The van der Waals surface area contributed by atoms with Gasteiger partial charge >= 0.3 is 0 Å². The fraction of sp³-hybridized carbons (Fsp3) is 0.133. The van der Waals surface area contributed by atoms with Gasteiger partial charge in [0.1, 0.15) is 5.92 Å². The van der Waals surface area contributed by atoms with E-state index in [9.17, 15) is 24.0 Å². The Hall–Kier alpha value is -3.13. The summed E-state index contributed by atoms with van der Waals surface area (Å²) in [5, 5.41) is 11.1. The normalized spacial score (nSPS) is 19.5. The van der Waals surface area contributed by atoms with Crippen LogP contribution in [0.2, 0.25) is 0 Å². The number of carbonyl (C=O) groups is 5. The van der Waals surface area contributed by atoms with E-state index in [1.54, 1.807) is 30.3 Å². The molecular weight excluding hydrogens is 304 g/mol. The fourth-order valence-electron chi connectivity index (χ4n) is 1.98. The molecule has 0 spiro atoms. The highest BCUT2D eigenvalue weighted by molar-refractivity contribution is 6.18. The Morgan fingerprint density at radius 1 is 1.04 bits per heavy atom. The number of nitrogens with zero attached hydrogens (tertiary/aromatic N) is 1. The van der Waals surface area contributed by atoms with Crippen molar-refractivity contribution in [1.82, 2.24) is 10.4 Å². The van der Waals surface area contributed by atoms with Crippen LogP contribution >= 0.6 is 0 Å². The smallest absolute Gasteiger partial charge is 0.264 e. The van der Waals surface area contributed by atoms with Gasteiger partial charge in [0.15, 0.2) is 5.78 Å². The zero-order chi connectivity index (χ0) is 17.0. The van der Waals surface area contributed by atoms with Crippen LogP contribution in [-0.4, -0.2) is 39.7 Å². The number of hydrogen-bond donors (Lipinski definition) is 2. The van der Waals surface area contributed by atoms with Crippen molar-refractivity contribution < 1.29 is 29.2 Å². The number of hydrogen-bond acceptors (Lipinski definition) is 6. The van der Waals surface area contributed by atoms with Crippen LogP contribution in [-0.2, 0) is 19.2 Å². The third kappa shape index (κ3) is 3.74. The first-order chi connectivity index (χ1) is 10.9. The lowest BCUT2D eigenvalue weighted by Crippen LogP contribution is -2.29. The molecule has 1 atom stereocenters. The molecule has 2 heterocycles. The van der Waals surface area contributed by atoms with Crippen molar-refractivity contribution in [1.29, 1.82) is 0 Å². The van der Waals surface area contributed by atoms with Crippen LogP contribution < -0.4 is 5.32 Å². The summed E-state index contributed by atoms with van der Waals surface area (Å²) in [6, 6.07) is 8.23. The second-order valence-electron chi connectivity index (χ2n) is 4.72. The minimum Gasteiger partial charge on any atom is -0.293 e. The molecule has 3 rings (SSSR count). The van der Waals surface area contributed by atoms with Gasteiger partial charge in [0.05, 0.1) is 0 Å². The molecule has 1 aromatic rings. The zero-order valence-electron chi connectivity index (χ0n) is 11.8. The van der Waals surface area contributed by atoms with E-state index >= 15 is 0 Å². The Morgan fingerprint density at radius 3 is 2.00 bits per heavy atom. The van der Waals surface area contributed by atoms with Crippen molar-refractivity contribution in [2.24, 2.45) is 5.92 Å². The molecular formula is C15H12N2O6. The molecule has 2 aliphatic heterocycles. The summed E-state index contributed by atoms with van der Waals surface area (Å²) >= 11 is 0. The number of rotatable bonds is 2. The van der Waals surface area contributed by atoms with Gasteiger partial charge in [-0.15, -0.1) is 0 Å². The van der Waals surface area contributed by atoms with Gasteiger partial charge in [-0.25, -0.2) is 0 Å². The van der Waals surface area contributed by atoms with E-state index in [0.717, 1.165) is 0 Å². The number of nitrogens with one attached hydrogen (secondary N) is 1. The molecule has 4 amide bonds. The highest BCUT2D eigenvalue weighted by Crippen LogP contribution is 2.21. The van der Waals surface area contributed by atoms with Gasteiger partial charge in [-0.3, -0.25) is 34.5 Å². The van der Waals surface area contributed by atoms with E-state index in [1.165, 1.54) is 12.2 Å². The van der Waals surface area contributed by atoms with Crippen LogP contribution in [0.3, 0.4) is 0 Å². The topological polar surface area (TPSA) is 121 Å². The number of benzene rings is 1. The highest BCUT2D eigenvalue weighted by atomic mass is 16.5. The molecule has 23 heavy (non-hydrogen) atoms. The molecule has 0 radical (unpaired) electrons. The van der Waals surface area contributed by atoms with Gasteiger partial charge in [-0.05, 0) is 0 Å². The molecule has 8 nitrogen and oxygen atoms in total. The second kappa shape index (κ2) is 6.75. The van der Waals surface area contributed by atoms with Gasteiger partial charge in [0, 0.05) is 24.1 Å². The third-order valence-corrected chi connectivity index (χ3v) is 3.13. The largest absolute Gasteiger partial charge is 0.293 e. The van der Waals surface area contributed by atoms with Crippen LogP contribution in [0.4, 0.5) is 0 Å². The van der Waals surface area contributed by atoms with E-state index in [0.29, 0.717) is 5.56 Å². The Kier molecular flexibility index (Phi) is 4.77. The molecule has 0 aromatic heterocycles. The third-order valence-electron chi connectivity index (χ3n) is 3.13. The highest BCUT2D eigenvalue weighted by Gasteiger charge is 2.42. The van der Waals surface area contributed by atoms with Gasteiger partial charge in [-0.2, -0.15) is 5.06 Å². The fourth-order valence-corrected chi connectivity index (χ4v) is 1.98. The number of hydroxylamine groups is 2. The van der Waals surface area contributed by atoms with E-state index in [1.807, 2.05) is 5.32 Å². The molecule has 2 aliphatic rings. The van der Waals surface area contributed by atoms with Crippen molar-refractivity contribution in [3.8, 4) is 0 Å². The predicted octanol–water partition coefficient (Wildman–Crippen LogP) is -0.167. The van der Waals surface area contributed by atoms with E-state index < -0.39 is 23.5 Å². The van der Waals surface area contributed by atoms with Gasteiger partial charge in [0.25, 0.3) is 23.6 Å². The van der Waals surface area contributed by atoms with Crippen LogP contribution in [0.15, 0.2) is 42.5 Å². The first-order valence-electron chi connectivity index (χ1n) is 6.58. The van der Waals surface area contributed by atoms with Crippen molar-refractivity contribution in [2.45, 2.75) is 6.42 Å². The minimum atomic E-state index is -1.08. The monoisotopic (exact) mass is 316 g/mol. The van der Waals surface area contributed by atoms with Crippen LogP contribution in [0.5, 0.6) is 0 Å². The molecule has 118 valence electrons. The number of amides is 4. The van der Waals surface area contributed by atoms with Crippen molar-refractivity contribution >= 4 is 29.4 Å². The second-order valence-corrected chi connectivity index (χ2v) is 4.72. The lowest BCUT2D eigenvalue weighted by molar-refractivity contribution is -0.171. The summed E-state index contributed by atoms with van der Waals surface area (Å²) in [6.45, 7) is 0. The standard InChI is InChI=1S/C11H9NO4.C4H3NO2/c13-9-6-8(11(15)12(9)16)10(14)7-4-2-1-3-5-7;6-3-1-2-4(7)5-3/h1-5,8,16H,6H2;1-2H,(H,5,6,7). The van der Waals surface area contributed by atoms with E-state index in [2.05, 4.69) is 0 Å². The molecule has 1 fully saturated rings. The number of ketones is 1. The number of Topliss-reactive ketones (excluding diaryl/α,β-unsaturated/α-hetero) is 1. The zero-order valence-corrected chi connectivity index (χ0v) is 11.8. The molecule has 2 N–H and O–H groups in total. The molecule has 1 unspecified atom stereocenters. The lowest BCUT2D eigenvalue weighted by atomic mass is 9.96. The summed E-state index contributed by atoms with van der Waals surface area (Å²) in [5.74, 6) is -3.76. The van der Waals surface area contributed by atoms with E-state index in [-0.39, 0.29) is 23.3 Å². The summed E-state index contributed by atoms with van der Waals surface area (Å²) in [5.41, 5.74) is 0.365. The van der Waals surface area contributed by atoms with Gasteiger partial charge < -0.3 is 0 Å². The van der Waals surface area contributed by atoms with Crippen LogP contribution in [0.25, 0.3) is 0 Å². The molecule has 0 bridgehead atoms. The predicted molar refractivity (Wildman–Crippen MR) is 74.8 cm³/mol. The summed E-state index contributed by atoms with van der Waals surface area (Å²) in [6.07, 6.45) is 2.13. The van der Waals surface area contributed by atoms with Crippen LogP contribution in [0, 0.1) is 5.92 Å². The Bertz CT molecular complexity index is 694. The first-order valence-corrected chi connectivity index (χ1v) is 6.58. The SMILES string of the molecule is O=C(c1ccccc1)C1CC(=O)N(O)C1=O.O=C1C=CC(=O)N1.